The Morgan fingerprint density at radius 2 is 1.54 bits per heavy atom. The van der Waals surface area contributed by atoms with Crippen LogP contribution in [0, 0.1) is 11.8 Å². The summed E-state index contributed by atoms with van der Waals surface area (Å²) in [5.74, 6) is -0.808. The van der Waals surface area contributed by atoms with Crippen LogP contribution in [0.3, 0.4) is 0 Å². The molecule has 28 heavy (non-hydrogen) atoms. The van der Waals surface area contributed by atoms with Crippen molar-refractivity contribution >= 4 is 11.9 Å². The van der Waals surface area contributed by atoms with E-state index in [1.807, 2.05) is 26.0 Å². The molecule has 0 aromatic rings. The molecule has 2 aliphatic rings. The molecule has 0 aromatic heterocycles. The van der Waals surface area contributed by atoms with Crippen molar-refractivity contribution in [2.75, 3.05) is 20.3 Å². The molecule has 2 bridgehead atoms. The van der Waals surface area contributed by atoms with E-state index in [0.29, 0.717) is 0 Å². The van der Waals surface area contributed by atoms with E-state index in [4.69, 9.17) is 18.9 Å². The highest BCUT2D eigenvalue weighted by Crippen LogP contribution is 2.21. The molecule has 6 atom stereocenters. The van der Waals surface area contributed by atoms with Gasteiger partial charge in [0.1, 0.15) is 25.4 Å². The highest BCUT2D eigenvalue weighted by molar-refractivity contribution is 5.71. The molecule has 2 rings (SSSR count). The zero-order valence-corrected chi connectivity index (χ0v) is 16.7. The number of hydrogen-bond donors (Lipinski definition) is 1. The lowest BCUT2D eigenvalue weighted by Gasteiger charge is -2.31. The topological polar surface area (TPSA) is 91.3 Å². The zero-order valence-electron chi connectivity index (χ0n) is 16.7. The van der Waals surface area contributed by atoms with E-state index in [1.54, 1.807) is 31.4 Å². The number of carbonyl (C=O) groups excluding carboxylic acids is 2. The average molecular weight is 394 g/mol. The summed E-state index contributed by atoms with van der Waals surface area (Å²) in [7, 11) is 1.56. The van der Waals surface area contributed by atoms with Gasteiger partial charge in [0, 0.05) is 18.9 Å². The molecule has 0 aromatic carbocycles. The first-order valence-electron chi connectivity index (χ1n) is 9.60. The molecule has 0 aliphatic carbocycles. The van der Waals surface area contributed by atoms with E-state index in [-0.39, 0.29) is 56.1 Å². The zero-order chi connectivity index (χ0) is 20.5. The number of cyclic esters (lactones) is 2. The van der Waals surface area contributed by atoms with Gasteiger partial charge in [0.15, 0.2) is 0 Å². The Balaban J connectivity index is 2.10. The van der Waals surface area contributed by atoms with Gasteiger partial charge in [-0.25, -0.2) is 0 Å². The fourth-order valence-electron chi connectivity index (χ4n) is 3.01. The van der Waals surface area contributed by atoms with Crippen molar-refractivity contribution in [2.24, 2.45) is 11.8 Å². The minimum atomic E-state index is -0.834. The monoisotopic (exact) mass is 394 g/mol. The van der Waals surface area contributed by atoms with Gasteiger partial charge in [-0.15, -0.1) is 0 Å². The maximum Gasteiger partial charge on any atom is 0.309 e. The Morgan fingerprint density at radius 3 is 2.18 bits per heavy atom. The molecular weight excluding hydrogens is 364 g/mol. The van der Waals surface area contributed by atoms with Crippen molar-refractivity contribution in [3.8, 4) is 0 Å². The number of ether oxygens (including phenoxy) is 4. The first-order valence-corrected chi connectivity index (χ1v) is 9.60. The maximum atomic E-state index is 12.0. The summed E-state index contributed by atoms with van der Waals surface area (Å²) in [6.45, 7) is 3.99. The summed E-state index contributed by atoms with van der Waals surface area (Å²) in [4.78, 5) is 23.9. The number of esters is 2. The Morgan fingerprint density at radius 1 is 0.929 bits per heavy atom. The van der Waals surface area contributed by atoms with Crippen LogP contribution in [0.5, 0.6) is 0 Å². The van der Waals surface area contributed by atoms with Gasteiger partial charge in [-0.1, -0.05) is 50.3 Å². The Bertz CT molecular complexity index is 610. The molecule has 7 nitrogen and oxygen atoms in total. The van der Waals surface area contributed by atoms with E-state index >= 15 is 0 Å². The van der Waals surface area contributed by atoms with Crippen LogP contribution < -0.4 is 0 Å². The second-order valence-electron chi connectivity index (χ2n) is 7.14. The normalized spacial score (nSPS) is 37.9. The van der Waals surface area contributed by atoms with Crippen LogP contribution in [0.1, 0.15) is 26.7 Å². The van der Waals surface area contributed by atoms with E-state index in [2.05, 4.69) is 0 Å². The van der Waals surface area contributed by atoms with Crippen molar-refractivity contribution < 1.29 is 33.6 Å². The summed E-state index contributed by atoms with van der Waals surface area (Å²) in [6, 6.07) is 0. The summed E-state index contributed by atoms with van der Waals surface area (Å²) < 4.78 is 21.8. The highest BCUT2D eigenvalue weighted by Gasteiger charge is 2.29. The largest absolute Gasteiger partial charge is 0.463 e. The van der Waals surface area contributed by atoms with Gasteiger partial charge in [-0.05, 0) is 0 Å². The predicted octanol–water partition coefficient (Wildman–Crippen LogP) is 1.95. The molecular formula is C21H30O7. The summed E-state index contributed by atoms with van der Waals surface area (Å²) in [5.41, 5.74) is 0. The molecule has 0 spiro atoms. The maximum absolute atomic E-state index is 12.0. The first kappa shape index (κ1) is 22.3. The number of carbonyl (C=O) groups is 2. The molecule has 2 heterocycles. The van der Waals surface area contributed by atoms with Gasteiger partial charge in [0.05, 0.1) is 25.0 Å². The quantitative estimate of drug-likeness (QED) is 0.537. The number of aliphatic hydroxyl groups is 1. The van der Waals surface area contributed by atoms with E-state index < -0.39 is 18.2 Å². The fourth-order valence-corrected chi connectivity index (χ4v) is 3.01. The first-order chi connectivity index (χ1) is 13.4. The smallest absolute Gasteiger partial charge is 0.309 e. The SMILES string of the molecule is CO[C@@H]1COC(=O)C/C=C/[C@@H](C)[C@@H]2C=C[C@H](O)[C@@H](COC(=O)C/C=C/[C@H]1C)O2. The molecule has 0 fully saturated rings. The van der Waals surface area contributed by atoms with Crippen molar-refractivity contribution in [3.05, 3.63) is 36.5 Å². The summed E-state index contributed by atoms with van der Waals surface area (Å²) >= 11 is 0. The number of rotatable bonds is 1. The van der Waals surface area contributed by atoms with Gasteiger partial charge in [-0.3, -0.25) is 9.59 Å². The van der Waals surface area contributed by atoms with Crippen LogP contribution in [0.25, 0.3) is 0 Å². The van der Waals surface area contributed by atoms with Crippen molar-refractivity contribution in [3.63, 3.8) is 0 Å². The van der Waals surface area contributed by atoms with Crippen molar-refractivity contribution in [1.82, 2.24) is 0 Å². The molecule has 0 unspecified atom stereocenters. The molecule has 0 radical (unpaired) electrons. The Hall–Kier alpha value is -1.96. The Kier molecular flexibility index (Phi) is 8.89. The third kappa shape index (κ3) is 6.89. The van der Waals surface area contributed by atoms with Crippen LogP contribution in [0.4, 0.5) is 0 Å². The fraction of sp³-hybridized carbons (Fsp3) is 0.619. The molecule has 156 valence electrons. The van der Waals surface area contributed by atoms with Gasteiger partial charge in [-0.2, -0.15) is 0 Å². The molecule has 2 aliphatic heterocycles. The van der Waals surface area contributed by atoms with Gasteiger partial charge in [0.25, 0.3) is 0 Å². The van der Waals surface area contributed by atoms with Crippen LogP contribution >= 0.6 is 0 Å². The molecule has 0 amide bonds. The molecule has 0 saturated heterocycles. The van der Waals surface area contributed by atoms with Crippen molar-refractivity contribution in [2.45, 2.75) is 51.1 Å². The van der Waals surface area contributed by atoms with Crippen LogP contribution in [-0.2, 0) is 28.5 Å². The minimum Gasteiger partial charge on any atom is -0.463 e. The van der Waals surface area contributed by atoms with Gasteiger partial charge < -0.3 is 24.1 Å². The minimum absolute atomic E-state index is 0.0201. The van der Waals surface area contributed by atoms with E-state index in [9.17, 15) is 14.7 Å². The van der Waals surface area contributed by atoms with Crippen LogP contribution in [-0.4, -0.2) is 61.8 Å². The second kappa shape index (κ2) is 11.1. The van der Waals surface area contributed by atoms with Gasteiger partial charge in [0.2, 0.25) is 0 Å². The van der Waals surface area contributed by atoms with Crippen molar-refractivity contribution in [1.29, 1.82) is 0 Å². The molecule has 1 N–H and O–H groups in total. The molecule has 7 heteroatoms. The lowest BCUT2D eigenvalue weighted by Crippen LogP contribution is -2.40. The third-order valence-corrected chi connectivity index (χ3v) is 4.88. The third-order valence-electron chi connectivity index (χ3n) is 4.88. The lowest BCUT2D eigenvalue weighted by molar-refractivity contribution is -0.153. The van der Waals surface area contributed by atoms with Crippen LogP contribution in [0.2, 0.25) is 0 Å². The summed E-state index contributed by atoms with van der Waals surface area (Å²) in [5, 5.41) is 10.1. The lowest BCUT2D eigenvalue weighted by atomic mass is 9.99. The standard InChI is InChI=1S/C21H30O7/c1-14-6-4-8-20(23)26-12-18(25-3)15(2)7-5-9-21(24)27-13-19-16(22)10-11-17(14)28-19/h4-7,10-11,14-19,22H,8-9,12-13H2,1-3H3/b6-4+,7-5+/t14-,15-,16+,17+,18-,19-/m1/s1. The Labute approximate surface area is 166 Å². The van der Waals surface area contributed by atoms with E-state index in [1.165, 1.54) is 0 Å². The van der Waals surface area contributed by atoms with Gasteiger partial charge >= 0.3 is 11.9 Å². The summed E-state index contributed by atoms with van der Waals surface area (Å²) in [6.07, 6.45) is 8.80. The number of hydrogen-bond acceptors (Lipinski definition) is 7. The second-order valence-corrected chi connectivity index (χ2v) is 7.14. The average Bonchev–Trinajstić information content (AvgIpc) is 2.67. The number of aliphatic hydroxyl groups excluding tert-OH is 1. The predicted molar refractivity (Wildman–Crippen MR) is 102 cm³/mol. The highest BCUT2D eigenvalue weighted by atomic mass is 16.6. The molecule has 0 saturated carbocycles. The van der Waals surface area contributed by atoms with E-state index in [0.717, 1.165) is 0 Å². The number of fused-ring (bicyclic) bond motifs is 2. The number of methoxy groups -OCH3 is 1. The van der Waals surface area contributed by atoms with Crippen LogP contribution in [0.15, 0.2) is 36.5 Å².